The smallest absolute Gasteiger partial charge is 0.417 e. The molecule has 0 fully saturated rings. The van der Waals surface area contributed by atoms with Crippen molar-refractivity contribution in [1.29, 1.82) is 0 Å². The molecule has 0 aromatic heterocycles. The van der Waals surface area contributed by atoms with Gasteiger partial charge >= 0.3 is 6.18 Å². The molecule has 1 nitrogen and oxygen atoms in total. The normalized spacial score (nSPS) is 12.0. The van der Waals surface area contributed by atoms with Crippen LogP contribution in [0.4, 0.5) is 13.2 Å². The maximum absolute atomic E-state index is 12.7. The quantitative estimate of drug-likeness (QED) is 0.722. The fraction of sp³-hybridized carbons (Fsp3) is 0.167. The van der Waals surface area contributed by atoms with Gasteiger partial charge in [-0.25, -0.2) is 0 Å². The number of fused-ring (bicyclic) bond motifs is 1. The third kappa shape index (κ3) is 1.71. The Morgan fingerprint density at radius 1 is 1.12 bits per heavy atom. The summed E-state index contributed by atoms with van der Waals surface area (Å²) in [4.78, 5) is 0. The monoisotopic (exact) mass is 226 g/mol. The summed E-state index contributed by atoms with van der Waals surface area (Å²) >= 11 is 0. The minimum Gasteiger partial charge on any atom is -0.508 e. The zero-order valence-electron chi connectivity index (χ0n) is 8.47. The van der Waals surface area contributed by atoms with Crippen molar-refractivity contribution in [2.75, 3.05) is 0 Å². The summed E-state index contributed by atoms with van der Waals surface area (Å²) in [5.74, 6) is -0.0238. The molecule has 0 radical (unpaired) electrons. The van der Waals surface area contributed by atoms with E-state index in [4.69, 9.17) is 0 Å². The van der Waals surface area contributed by atoms with Crippen LogP contribution in [0.5, 0.6) is 5.75 Å². The van der Waals surface area contributed by atoms with Gasteiger partial charge in [0.15, 0.2) is 0 Å². The lowest BCUT2D eigenvalue weighted by Gasteiger charge is -2.12. The van der Waals surface area contributed by atoms with Gasteiger partial charge < -0.3 is 5.11 Å². The minimum absolute atomic E-state index is 0.0238. The van der Waals surface area contributed by atoms with Gasteiger partial charge in [0.2, 0.25) is 0 Å². The Bertz CT molecular complexity index is 544. The van der Waals surface area contributed by atoms with Gasteiger partial charge in [0.05, 0.1) is 5.56 Å². The molecule has 84 valence electrons. The molecule has 0 unspecified atom stereocenters. The second-order valence-corrected chi connectivity index (χ2v) is 3.66. The molecule has 1 N–H and O–H groups in total. The van der Waals surface area contributed by atoms with Gasteiger partial charge in [-0.3, -0.25) is 0 Å². The van der Waals surface area contributed by atoms with Crippen LogP contribution in [-0.2, 0) is 6.18 Å². The minimum atomic E-state index is -4.37. The fourth-order valence-corrected chi connectivity index (χ4v) is 1.86. The first-order valence-electron chi connectivity index (χ1n) is 4.69. The number of halogens is 3. The Labute approximate surface area is 90.1 Å². The number of phenols is 1. The van der Waals surface area contributed by atoms with Crippen LogP contribution in [0, 0.1) is 6.92 Å². The molecular weight excluding hydrogens is 217 g/mol. The summed E-state index contributed by atoms with van der Waals surface area (Å²) in [5.41, 5.74) is -0.245. The summed E-state index contributed by atoms with van der Waals surface area (Å²) in [6, 6.07) is 6.60. The zero-order valence-corrected chi connectivity index (χ0v) is 8.47. The summed E-state index contributed by atoms with van der Waals surface area (Å²) in [6.07, 6.45) is -4.37. The Balaban J connectivity index is 2.87. The highest BCUT2D eigenvalue weighted by Gasteiger charge is 2.32. The predicted molar refractivity (Wildman–Crippen MR) is 55.4 cm³/mol. The van der Waals surface area contributed by atoms with E-state index in [1.165, 1.54) is 18.2 Å². The second-order valence-electron chi connectivity index (χ2n) is 3.66. The number of benzene rings is 2. The van der Waals surface area contributed by atoms with Crippen molar-refractivity contribution in [3.63, 3.8) is 0 Å². The summed E-state index contributed by atoms with van der Waals surface area (Å²) in [5, 5.41) is 9.87. The lowest BCUT2D eigenvalue weighted by molar-refractivity contribution is -0.136. The summed E-state index contributed by atoms with van der Waals surface area (Å²) in [7, 11) is 0. The predicted octanol–water partition coefficient (Wildman–Crippen LogP) is 3.87. The number of aromatic hydroxyl groups is 1. The van der Waals surface area contributed by atoms with Crippen molar-refractivity contribution in [1.82, 2.24) is 0 Å². The van der Waals surface area contributed by atoms with Gasteiger partial charge in [0.1, 0.15) is 5.75 Å². The number of alkyl halides is 3. The molecule has 0 bridgehead atoms. The van der Waals surface area contributed by atoms with Crippen LogP contribution in [0.25, 0.3) is 10.8 Å². The molecule has 2 aromatic carbocycles. The van der Waals surface area contributed by atoms with E-state index < -0.39 is 11.7 Å². The molecule has 0 aliphatic rings. The standard InChI is InChI=1S/C12H9F3O/c1-7-5-9(16)6-8-3-2-4-10(11(7)8)12(13,14)15/h2-6,16H,1H3. The van der Waals surface area contributed by atoms with Gasteiger partial charge in [-0.15, -0.1) is 0 Å². The number of hydrogen-bond donors (Lipinski definition) is 1. The maximum Gasteiger partial charge on any atom is 0.417 e. The lowest BCUT2D eigenvalue weighted by atomic mass is 9.99. The topological polar surface area (TPSA) is 20.2 Å². The fourth-order valence-electron chi connectivity index (χ4n) is 1.86. The molecule has 0 atom stereocenters. The van der Waals surface area contributed by atoms with E-state index in [9.17, 15) is 18.3 Å². The van der Waals surface area contributed by atoms with Crippen LogP contribution >= 0.6 is 0 Å². The average molecular weight is 226 g/mol. The first-order valence-corrected chi connectivity index (χ1v) is 4.69. The number of hydrogen-bond acceptors (Lipinski definition) is 1. The Hall–Kier alpha value is -1.71. The molecule has 16 heavy (non-hydrogen) atoms. The zero-order chi connectivity index (χ0) is 11.9. The van der Waals surface area contributed by atoms with E-state index >= 15 is 0 Å². The SMILES string of the molecule is Cc1cc(O)cc2cccc(C(F)(F)F)c12. The summed E-state index contributed by atoms with van der Waals surface area (Å²) in [6.45, 7) is 1.55. The second kappa shape index (κ2) is 3.40. The van der Waals surface area contributed by atoms with Gasteiger partial charge in [0, 0.05) is 0 Å². The average Bonchev–Trinajstić information content (AvgIpc) is 2.14. The van der Waals surface area contributed by atoms with E-state index in [0.29, 0.717) is 10.9 Å². The molecule has 0 amide bonds. The van der Waals surface area contributed by atoms with Gasteiger partial charge in [-0.2, -0.15) is 13.2 Å². The third-order valence-electron chi connectivity index (χ3n) is 2.46. The van der Waals surface area contributed by atoms with Crippen molar-refractivity contribution in [2.24, 2.45) is 0 Å². The summed E-state index contributed by atoms with van der Waals surface area (Å²) < 4.78 is 38.2. The first-order chi connectivity index (χ1) is 7.39. The van der Waals surface area contributed by atoms with E-state index in [0.717, 1.165) is 6.07 Å². The number of aryl methyl sites for hydroxylation is 1. The van der Waals surface area contributed by atoms with Gasteiger partial charge in [0.25, 0.3) is 0 Å². The van der Waals surface area contributed by atoms with Crippen molar-refractivity contribution in [3.05, 3.63) is 41.5 Å². The van der Waals surface area contributed by atoms with E-state index in [-0.39, 0.29) is 11.1 Å². The van der Waals surface area contributed by atoms with Crippen molar-refractivity contribution in [3.8, 4) is 5.75 Å². The molecule has 0 saturated heterocycles. The number of phenolic OH excluding ortho intramolecular Hbond substituents is 1. The van der Waals surface area contributed by atoms with E-state index in [2.05, 4.69) is 0 Å². The van der Waals surface area contributed by atoms with Gasteiger partial charge in [-0.05, 0) is 41.5 Å². The van der Waals surface area contributed by atoms with Crippen LogP contribution < -0.4 is 0 Å². The molecule has 0 saturated carbocycles. The third-order valence-corrected chi connectivity index (χ3v) is 2.46. The van der Waals surface area contributed by atoms with Crippen LogP contribution in [0.3, 0.4) is 0 Å². The maximum atomic E-state index is 12.7. The van der Waals surface area contributed by atoms with Crippen molar-refractivity contribution >= 4 is 10.8 Å². The van der Waals surface area contributed by atoms with Crippen LogP contribution in [0.15, 0.2) is 30.3 Å². The molecule has 0 aliphatic heterocycles. The Kier molecular flexibility index (Phi) is 2.30. The van der Waals surface area contributed by atoms with Crippen LogP contribution in [-0.4, -0.2) is 5.11 Å². The molecule has 0 spiro atoms. The molecule has 4 heteroatoms. The molecule has 0 aliphatic carbocycles. The van der Waals surface area contributed by atoms with Crippen LogP contribution in [0.1, 0.15) is 11.1 Å². The number of rotatable bonds is 0. The molecule has 2 rings (SSSR count). The highest BCUT2D eigenvalue weighted by atomic mass is 19.4. The Morgan fingerprint density at radius 3 is 2.44 bits per heavy atom. The molecule has 2 aromatic rings. The van der Waals surface area contributed by atoms with Gasteiger partial charge in [-0.1, -0.05) is 12.1 Å². The first kappa shape index (κ1) is 10.8. The Morgan fingerprint density at radius 2 is 1.81 bits per heavy atom. The molecule has 0 heterocycles. The lowest BCUT2D eigenvalue weighted by Crippen LogP contribution is -2.06. The van der Waals surface area contributed by atoms with Crippen molar-refractivity contribution < 1.29 is 18.3 Å². The molecular formula is C12H9F3O. The van der Waals surface area contributed by atoms with Crippen LogP contribution in [0.2, 0.25) is 0 Å². The highest BCUT2D eigenvalue weighted by molar-refractivity contribution is 5.90. The van der Waals surface area contributed by atoms with E-state index in [1.807, 2.05) is 0 Å². The highest BCUT2D eigenvalue weighted by Crippen LogP contribution is 2.37. The van der Waals surface area contributed by atoms with E-state index in [1.54, 1.807) is 13.0 Å². The largest absolute Gasteiger partial charge is 0.508 e. The van der Waals surface area contributed by atoms with Crippen molar-refractivity contribution in [2.45, 2.75) is 13.1 Å².